The maximum Gasteiger partial charge on any atom is 0.272 e. The van der Waals surface area contributed by atoms with Crippen molar-refractivity contribution in [1.29, 1.82) is 0 Å². The Kier molecular flexibility index (Phi) is 7.08. The van der Waals surface area contributed by atoms with Gasteiger partial charge in [-0.1, -0.05) is 68.1 Å². The topological polar surface area (TPSA) is 46.9 Å². The Bertz CT molecular complexity index is 1120. The summed E-state index contributed by atoms with van der Waals surface area (Å²) in [4.78, 5) is 13.4. The van der Waals surface area contributed by atoms with Crippen LogP contribution < -0.4 is 5.32 Å². The summed E-state index contributed by atoms with van der Waals surface area (Å²) < 4.78 is 16.2. The summed E-state index contributed by atoms with van der Waals surface area (Å²) in [6, 6.07) is 17.3. The molecule has 2 aliphatic rings. The third-order valence-corrected chi connectivity index (χ3v) is 7.47. The number of aromatic nitrogens is 2. The lowest BCUT2D eigenvalue weighted by Gasteiger charge is -2.27. The maximum atomic E-state index is 13.9. The van der Waals surface area contributed by atoms with E-state index >= 15 is 0 Å². The normalized spacial score (nSPS) is 18.8. The van der Waals surface area contributed by atoms with Crippen molar-refractivity contribution in [3.8, 4) is 0 Å². The molecule has 0 bridgehead atoms. The van der Waals surface area contributed by atoms with Gasteiger partial charge in [0.05, 0.1) is 6.04 Å². The maximum absolute atomic E-state index is 13.9. The Balaban J connectivity index is 1.49. The highest BCUT2D eigenvalue weighted by molar-refractivity contribution is 5.94. The lowest BCUT2D eigenvalue weighted by Crippen LogP contribution is -2.25. The molecule has 5 rings (SSSR count). The quantitative estimate of drug-likeness (QED) is 0.427. The van der Waals surface area contributed by atoms with Crippen LogP contribution in [-0.4, -0.2) is 15.7 Å². The number of carbonyl (C=O) groups excluding carboxylic acids is 1. The van der Waals surface area contributed by atoms with Crippen LogP contribution in [0.1, 0.15) is 96.2 Å². The van der Waals surface area contributed by atoms with Gasteiger partial charge in [-0.3, -0.25) is 9.48 Å². The zero-order chi connectivity index (χ0) is 23.3. The molecule has 1 amide bonds. The standard InChI is InChI=1S/C29H34FN3O/c30-24-14-9-12-22(19-24)18-23-13-7-8-17-26-27(29(34)31-20-21-10-3-1-4-11-21)32-33(28(23)26)25-15-5-2-6-16-25/h1,3-4,9-12,14,19,23,25H,2,5-8,13,15-18,20H2,(H,31,34). The number of nitrogens with zero attached hydrogens (tertiary/aromatic N) is 2. The van der Waals surface area contributed by atoms with Crippen LogP contribution in [0.15, 0.2) is 54.6 Å². The van der Waals surface area contributed by atoms with Gasteiger partial charge in [-0.05, 0) is 61.8 Å². The summed E-state index contributed by atoms with van der Waals surface area (Å²) in [5, 5.41) is 8.12. The minimum absolute atomic E-state index is 0.0823. The fraction of sp³-hybridized carbons (Fsp3) is 0.448. The van der Waals surface area contributed by atoms with E-state index in [0.717, 1.165) is 61.6 Å². The van der Waals surface area contributed by atoms with E-state index in [-0.39, 0.29) is 17.6 Å². The van der Waals surface area contributed by atoms with Crippen LogP contribution >= 0.6 is 0 Å². The minimum atomic E-state index is -0.187. The molecule has 0 aliphatic heterocycles. The van der Waals surface area contributed by atoms with Crippen LogP contribution in [-0.2, 0) is 19.4 Å². The number of nitrogens with one attached hydrogen (secondary N) is 1. The molecule has 1 fully saturated rings. The molecule has 0 spiro atoms. The van der Waals surface area contributed by atoms with Crippen molar-refractivity contribution in [3.05, 3.63) is 88.5 Å². The Morgan fingerprint density at radius 1 is 0.941 bits per heavy atom. The van der Waals surface area contributed by atoms with E-state index in [1.54, 1.807) is 12.1 Å². The van der Waals surface area contributed by atoms with Gasteiger partial charge < -0.3 is 5.32 Å². The van der Waals surface area contributed by atoms with Gasteiger partial charge in [-0.25, -0.2) is 4.39 Å². The summed E-state index contributed by atoms with van der Waals surface area (Å²) >= 11 is 0. The van der Waals surface area contributed by atoms with Crippen molar-refractivity contribution in [2.24, 2.45) is 0 Å². The highest BCUT2D eigenvalue weighted by Crippen LogP contribution is 2.39. The third-order valence-electron chi connectivity index (χ3n) is 7.47. The average molecular weight is 460 g/mol. The van der Waals surface area contributed by atoms with Crippen LogP contribution in [0, 0.1) is 5.82 Å². The highest BCUT2D eigenvalue weighted by Gasteiger charge is 2.32. The van der Waals surface area contributed by atoms with Gasteiger partial charge in [-0.15, -0.1) is 0 Å². The van der Waals surface area contributed by atoms with Gasteiger partial charge in [0, 0.05) is 23.7 Å². The number of halogens is 1. The Morgan fingerprint density at radius 3 is 2.50 bits per heavy atom. The molecule has 1 unspecified atom stereocenters. The van der Waals surface area contributed by atoms with Crippen LogP contribution in [0.4, 0.5) is 4.39 Å². The number of rotatable bonds is 6. The van der Waals surface area contributed by atoms with Gasteiger partial charge in [0.1, 0.15) is 5.82 Å². The van der Waals surface area contributed by atoms with Gasteiger partial charge >= 0.3 is 0 Å². The lowest BCUT2D eigenvalue weighted by molar-refractivity contribution is 0.0943. The van der Waals surface area contributed by atoms with E-state index in [2.05, 4.69) is 10.00 Å². The molecule has 1 aromatic heterocycles. The number of amides is 1. The number of hydrogen-bond acceptors (Lipinski definition) is 2. The highest BCUT2D eigenvalue weighted by atomic mass is 19.1. The van der Waals surface area contributed by atoms with Crippen molar-refractivity contribution in [2.45, 2.75) is 82.7 Å². The second kappa shape index (κ2) is 10.5. The molecule has 2 aliphatic carbocycles. The summed E-state index contributed by atoms with van der Waals surface area (Å²) in [6.07, 6.45) is 10.8. The van der Waals surface area contributed by atoms with Crippen LogP contribution in [0.5, 0.6) is 0 Å². The Morgan fingerprint density at radius 2 is 1.71 bits per heavy atom. The lowest BCUT2D eigenvalue weighted by atomic mass is 9.89. The fourth-order valence-electron chi connectivity index (χ4n) is 5.79. The van der Waals surface area contributed by atoms with Crippen LogP contribution in [0.2, 0.25) is 0 Å². The van der Waals surface area contributed by atoms with Crippen molar-refractivity contribution in [3.63, 3.8) is 0 Å². The molecule has 1 atom stereocenters. The molecular formula is C29H34FN3O. The van der Waals surface area contributed by atoms with Gasteiger partial charge in [0.15, 0.2) is 5.69 Å². The zero-order valence-corrected chi connectivity index (χ0v) is 19.8. The third kappa shape index (κ3) is 5.08. The second-order valence-corrected chi connectivity index (χ2v) is 9.89. The minimum Gasteiger partial charge on any atom is -0.347 e. The molecule has 1 heterocycles. The molecule has 3 aromatic rings. The first-order chi connectivity index (χ1) is 16.7. The Labute approximate surface area is 201 Å². The zero-order valence-electron chi connectivity index (χ0n) is 19.8. The van der Waals surface area contributed by atoms with Gasteiger partial charge in [-0.2, -0.15) is 5.10 Å². The predicted molar refractivity (Wildman–Crippen MR) is 132 cm³/mol. The predicted octanol–water partition coefficient (Wildman–Crippen LogP) is 6.51. The van der Waals surface area contributed by atoms with Gasteiger partial charge in [0.25, 0.3) is 5.91 Å². The number of hydrogen-bond donors (Lipinski definition) is 1. The Hall–Kier alpha value is -2.95. The summed E-state index contributed by atoms with van der Waals surface area (Å²) in [7, 11) is 0. The number of benzene rings is 2. The molecule has 1 saturated carbocycles. The van der Waals surface area contributed by atoms with Crippen molar-refractivity contribution < 1.29 is 9.18 Å². The average Bonchev–Trinajstić information content (AvgIpc) is 3.13. The molecule has 4 nitrogen and oxygen atoms in total. The molecule has 5 heteroatoms. The smallest absolute Gasteiger partial charge is 0.272 e. The monoisotopic (exact) mass is 459 g/mol. The van der Waals surface area contributed by atoms with E-state index in [1.165, 1.54) is 31.0 Å². The molecule has 1 N–H and O–H groups in total. The van der Waals surface area contributed by atoms with E-state index in [4.69, 9.17) is 5.10 Å². The van der Waals surface area contributed by atoms with Crippen LogP contribution in [0.25, 0.3) is 0 Å². The van der Waals surface area contributed by atoms with Crippen LogP contribution in [0.3, 0.4) is 0 Å². The molecule has 34 heavy (non-hydrogen) atoms. The molecular weight excluding hydrogens is 425 g/mol. The second-order valence-electron chi connectivity index (χ2n) is 9.89. The largest absolute Gasteiger partial charge is 0.347 e. The molecule has 0 radical (unpaired) electrons. The van der Waals surface area contributed by atoms with Gasteiger partial charge in [0.2, 0.25) is 0 Å². The number of carbonyl (C=O) groups is 1. The molecule has 0 saturated heterocycles. The molecule has 2 aromatic carbocycles. The summed E-state index contributed by atoms with van der Waals surface area (Å²) in [5.41, 5.74) is 5.05. The van der Waals surface area contributed by atoms with E-state index in [1.807, 2.05) is 36.4 Å². The van der Waals surface area contributed by atoms with Crippen molar-refractivity contribution in [1.82, 2.24) is 15.1 Å². The first-order valence-corrected chi connectivity index (χ1v) is 12.9. The SMILES string of the molecule is O=C(NCc1ccccc1)c1nn(C2CCCCC2)c2c1CCCCC2Cc1cccc(F)c1. The fourth-order valence-corrected chi connectivity index (χ4v) is 5.79. The number of fused-ring (bicyclic) bond motifs is 1. The van der Waals surface area contributed by atoms with Crippen molar-refractivity contribution in [2.75, 3.05) is 0 Å². The van der Waals surface area contributed by atoms with E-state index in [9.17, 15) is 9.18 Å². The molecule has 178 valence electrons. The van der Waals surface area contributed by atoms with E-state index in [0.29, 0.717) is 18.3 Å². The van der Waals surface area contributed by atoms with E-state index < -0.39 is 0 Å². The summed E-state index contributed by atoms with van der Waals surface area (Å²) in [5.74, 6) is -0.0152. The summed E-state index contributed by atoms with van der Waals surface area (Å²) in [6.45, 7) is 0.497. The first-order valence-electron chi connectivity index (χ1n) is 12.9. The first kappa shape index (κ1) is 22.8. The van der Waals surface area contributed by atoms with Crippen molar-refractivity contribution >= 4 is 5.91 Å².